The molecule has 0 atom stereocenters. The molecule has 0 amide bonds. The number of anilines is 2. The van der Waals surface area contributed by atoms with E-state index in [-0.39, 0.29) is 5.82 Å². The smallest absolute Gasteiger partial charge is 0.165 e. The molecule has 22 heavy (non-hydrogen) atoms. The molecule has 1 saturated heterocycles. The molecule has 1 aliphatic heterocycles. The third kappa shape index (κ3) is 3.00. The fourth-order valence-corrected chi connectivity index (χ4v) is 2.90. The summed E-state index contributed by atoms with van der Waals surface area (Å²) in [5.41, 5.74) is 0.963. The highest BCUT2D eigenvalue weighted by Crippen LogP contribution is 2.24. The number of halogens is 1. The molecule has 0 spiro atoms. The molecule has 0 unspecified atom stereocenters. The Kier molecular flexibility index (Phi) is 4.18. The Labute approximate surface area is 129 Å². The van der Waals surface area contributed by atoms with Gasteiger partial charge in [0.2, 0.25) is 0 Å². The molecule has 0 aliphatic carbocycles. The summed E-state index contributed by atoms with van der Waals surface area (Å²) in [6.07, 6.45) is 5.14. The van der Waals surface area contributed by atoms with Gasteiger partial charge in [-0.1, -0.05) is 0 Å². The topological polar surface area (TPSA) is 45.2 Å². The number of piperidine rings is 1. The van der Waals surface area contributed by atoms with Crippen LogP contribution in [0, 0.1) is 12.7 Å². The van der Waals surface area contributed by atoms with Crippen LogP contribution in [-0.2, 0) is 0 Å². The van der Waals surface area contributed by atoms with Crippen molar-refractivity contribution in [2.45, 2.75) is 25.8 Å². The minimum Gasteiger partial charge on any atom is -0.356 e. The fraction of sp³-hybridized carbons (Fsp3) is 0.438. The minimum absolute atomic E-state index is 0.249. The van der Waals surface area contributed by atoms with Crippen LogP contribution < -0.4 is 9.80 Å². The monoisotopic (exact) mass is 301 g/mol. The third-order valence-electron chi connectivity index (χ3n) is 4.20. The average Bonchev–Trinajstić information content (AvgIpc) is 2.55. The number of aromatic nitrogens is 3. The number of nitrogens with zero attached hydrogens (tertiary/aromatic N) is 5. The van der Waals surface area contributed by atoms with E-state index in [0.717, 1.165) is 37.4 Å². The van der Waals surface area contributed by atoms with E-state index in [1.54, 1.807) is 18.6 Å². The van der Waals surface area contributed by atoms with E-state index < -0.39 is 0 Å². The molecule has 0 saturated carbocycles. The van der Waals surface area contributed by atoms with Gasteiger partial charge < -0.3 is 9.80 Å². The van der Waals surface area contributed by atoms with Crippen molar-refractivity contribution in [2.75, 3.05) is 29.9 Å². The van der Waals surface area contributed by atoms with Crippen molar-refractivity contribution < 1.29 is 4.39 Å². The van der Waals surface area contributed by atoms with Gasteiger partial charge in [0.25, 0.3) is 0 Å². The first kappa shape index (κ1) is 14.7. The van der Waals surface area contributed by atoms with Crippen LogP contribution in [0.25, 0.3) is 0 Å². The number of rotatable bonds is 3. The van der Waals surface area contributed by atoms with Gasteiger partial charge in [0.15, 0.2) is 11.6 Å². The first-order valence-electron chi connectivity index (χ1n) is 7.52. The summed E-state index contributed by atoms with van der Waals surface area (Å²) in [4.78, 5) is 16.8. The minimum atomic E-state index is -0.249. The fourth-order valence-electron chi connectivity index (χ4n) is 2.90. The SMILES string of the molecule is Cc1cc(N(C)C2CCN(c3ncccc3F)CC2)ncn1. The lowest BCUT2D eigenvalue weighted by atomic mass is 10.0. The Bertz CT molecular complexity index is 640. The van der Waals surface area contributed by atoms with Gasteiger partial charge in [-0.15, -0.1) is 0 Å². The summed E-state index contributed by atoms with van der Waals surface area (Å²) in [6.45, 7) is 3.56. The van der Waals surface area contributed by atoms with E-state index in [2.05, 4.69) is 26.9 Å². The maximum atomic E-state index is 13.8. The van der Waals surface area contributed by atoms with Gasteiger partial charge >= 0.3 is 0 Å². The van der Waals surface area contributed by atoms with Crippen LogP contribution in [0.2, 0.25) is 0 Å². The van der Waals surface area contributed by atoms with E-state index in [9.17, 15) is 4.39 Å². The first-order valence-corrected chi connectivity index (χ1v) is 7.52. The normalized spacial score (nSPS) is 15.9. The van der Waals surface area contributed by atoms with Crippen LogP contribution in [0.3, 0.4) is 0 Å². The van der Waals surface area contributed by atoms with E-state index in [1.807, 2.05) is 17.9 Å². The second kappa shape index (κ2) is 6.25. The van der Waals surface area contributed by atoms with Crippen LogP contribution >= 0.6 is 0 Å². The van der Waals surface area contributed by atoms with Gasteiger partial charge in [-0.3, -0.25) is 0 Å². The number of aryl methyl sites for hydroxylation is 1. The predicted octanol–water partition coefficient (Wildman–Crippen LogP) is 2.42. The summed E-state index contributed by atoms with van der Waals surface area (Å²) in [6, 6.07) is 5.48. The van der Waals surface area contributed by atoms with Gasteiger partial charge in [-0.2, -0.15) is 0 Å². The zero-order valence-electron chi connectivity index (χ0n) is 12.9. The summed E-state index contributed by atoms with van der Waals surface area (Å²) in [7, 11) is 2.06. The van der Waals surface area contributed by atoms with Gasteiger partial charge in [-0.05, 0) is 31.9 Å². The van der Waals surface area contributed by atoms with Crippen molar-refractivity contribution in [1.29, 1.82) is 0 Å². The molecule has 2 aromatic rings. The van der Waals surface area contributed by atoms with Crippen molar-refractivity contribution in [3.63, 3.8) is 0 Å². The largest absolute Gasteiger partial charge is 0.356 e. The molecule has 0 radical (unpaired) electrons. The Hall–Kier alpha value is -2.24. The van der Waals surface area contributed by atoms with Gasteiger partial charge in [0, 0.05) is 44.1 Å². The van der Waals surface area contributed by atoms with Crippen molar-refractivity contribution in [2.24, 2.45) is 0 Å². The molecule has 2 aromatic heterocycles. The Balaban J connectivity index is 1.65. The second-order valence-electron chi connectivity index (χ2n) is 5.66. The van der Waals surface area contributed by atoms with Crippen molar-refractivity contribution >= 4 is 11.6 Å². The van der Waals surface area contributed by atoms with E-state index in [4.69, 9.17) is 0 Å². The van der Waals surface area contributed by atoms with Gasteiger partial charge in [0.1, 0.15) is 12.1 Å². The first-order chi connectivity index (χ1) is 10.6. The number of hydrogen-bond donors (Lipinski definition) is 0. The summed E-state index contributed by atoms with van der Waals surface area (Å²) in [5.74, 6) is 1.15. The highest BCUT2D eigenvalue weighted by atomic mass is 19.1. The maximum absolute atomic E-state index is 13.8. The van der Waals surface area contributed by atoms with E-state index >= 15 is 0 Å². The Morgan fingerprint density at radius 1 is 1.23 bits per heavy atom. The van der Waals surface area contributed by atoms with Crippen molar-refractivity contribution in [3.8, 4) is 0 Å². The lowest BCUT2D eigenvalue weighted by Crippen LogP contribution is -2.44. The molecule has 6 heteroatoms. The lowest BCUT2D eigenvalue weighted by molar-refractivity contribution is 0.471. The highest BCUT2D eigenvalue weighted by Gasteiger charge is 2.25. The van der Waals surface area contributed by atoms with Crippen LogP contribution in [-0.4, -0.2) is 41.1 Å². The maximum Gasteiger partial charge on any atom is 0.165 e. The molecular formula is C16H20FN5. The standard InChI is InChI=1S/C16H20FN5/c1-12-10-15(20-11-19-12)21(2)13-5-8-22(9-6-13)16-14(17)4-3-7-18-16/h3-4,7,10-11,13H,5-6,8-9H2,1-2H3. The average molecular weight is 301 g/mol. The second-order valence-corrected chi connectivity index (χ2v) is 5.66. The third-order valence-corrected chi connectivity index (χ3v) is 4.20. The molecule has 3 rings (SSSR count). The Morgan fingerprint density at radius 2 is 2.00 bits per heavy atom. The molecule has 5 nitrogen and oxygen atoms in total. The zero-order chi connectivity index (χ0) is 15.5. The van der Waals surface area contributed by atoms with Crippen molar-refractivity contribution in [1.82, 2.24) is 15.0 Å². The quantitative estimate of drug-likeness (QED) is 0.871. The molecule has 0 N–H and O–H groups in total. The zero-order valence-corrected chi connectivity index (χ0v) is 12.9. The summed E-state index contributed by atoms with van der Waals surface area (Å²) in [5, 5.41) is 0. The number of pyridine rings is 1. The van der Waals surface area contributed by atoms with E-state index in [0.29, 0.717) is 11.9 Å². The van der Waals surface area contributed by atoms with Crippen LogP contribution in [0.15, 0.2) is 30.7 Å². The lowest BCUT2D eigenvalue weighted by Gasteiger charge is -2.37. The van der Waals surface area contributed by atoms with Gasteiger partial charge in [-0.25, -0.2) is 19.3 Å². The van der Waals surface area contributed by atoms with E-state index in [1.165, 1.54) is 6.07 Å². The highest BCUT2D eigenvalue weighted by molar-refractivity contribution is 5.42. The number of hydrogen-bond acceptors (Lipinski definition) is 5. The Morgan fingerprint density at radius 3 is 2.68 bits per heavy atom. The van der Waals surface area contributed by atoms with Crippen molar-refractivity contribution in [3.05, 3.63) is 42.2 Å². The van der Waals surface area contributed by atoms with Crippen LogP contribution in [0.5, 0.6) is 0 Å². The summed E-state index contributed by atoms with van der Waals surface area (Å²) < 4.78 is 13.8. The molecule has 0 bridgehead atoms. The van der Waals surface area contributed by atoms with Gasteiger partial charge in [0.05, 0.1) is 0 Å². The van der Waals surface area contributed by atoms with Crippen LogP contribution in [0.4, 0.5) is 16.0 Å². The molecule has 1 fully saturated rings. The molecule has 3 heterocycles. The molecule has 1 aliphatic rings. The van der Waals surface area contributed by atoms with Crippen LogP contribution in [0.1, 0.15) is 18.5 Å². The predicted molar refractivity (Wildman–Crippen MR) is 84.6 cm³/mol. The molecule has 116 valence electrons. The molecule has 0 aromatic carbocycles. The molecular weight excluding hydrogens is 281 g/mol. The summed E-state index contributed by atoms with van der Waals surface area (Å²) >= 11 is 0.